The number of para-hydroxylation sites is 1. The van der Waals surface area contributed by atoms with E-state index in [1.165, 1.54) is 0 Å². The molecule has 1 aromatic rings. The van der Waals surface area contributed by atoms with Crippen LogP contribution in [0.4, 0.5) is 0 Å². The van der Waals surface area contributed by atoms with Gasteiger partial charge in [0.25, 0.3) is 0 Å². The van der Waals surface area contributed by atoms with Crippen LogP contribution in [0.5, 0.6) is 5.75 Å². The van der Waals surface area contributed by atoms with Crippen molar-refractivity contribution in [3.05, 3.63) is 30.3 Å². The van der Waals surface area contributed by atoms with E-state index in [1.54, 1.807) is 0 Å². The molecule has 13 heavy (non-hydrogen) atoms. The highest BCUT2D eigenvalue weighted by atomic mass is 16.5. The number of benzene rings is 1. The van der Waals surface area contributed by atoms with E-state index >= 15 is 0 Å². The lowest BCUT2D eigenvalue weighted by Gasteiger charge is -2.04. The first-order valence-electron chi connectivity index (χ1n) is 4.67. The number of hydrogen-bond acceptors (Lipinski definition) is 1. The van der Waals surface area contributed by atoms with E-state index in [0.717, 1.165) is 31.7 Å². The van der Waals surface area contributed by atoms with Crippen molar-refractivity contribution in [1.82, 2.24) is 5.32 Å². The minimum absolute atomic E-state index is 0.791. The minimum Gasteiger partial charge on any atom is -0.494 e. The Balaban J connectivity index is 2.07. The molecule has 0 heterocycles. The molecule has 0 aliphatic heterocycles. The Morgan fingerprint density at radius 2 is 1.92 bits per heavy atom. The molecule has 0 atom stereocenters. The van der Waals surface area contributed by atoms with Crippen molar-refractivity contribution in [1.29, 1.82) is 0 Å². The number of nitrogens with zero attached hydrogens (tertiary/aromatic N) is 1. The zero-order valence-electron chi connectivity index (χ0n) is 8.07. The average Bonchev–Trinajstić information content (AvgIpc) is 2.19. The monoisotopic (exact) mass is 178 g/mol. The molecule has 0 aliphatic carbocycles. The molecular weight excluding hydrogens is 162 g/mol. The normalized spacial score (nSPS) is 9.92. The van der Waals surface area contributed by atoms with Crippen LogP contribution in [0.1, 0.15) is 12.8 Å². The molecule has 0 aliphatic rings. The van der Waals surface area contributed by atoms with E-state index in [0.29, 0.717) is 0 Å². The lowest BCUT2D eigenvalue weighted by atomic mass is 10.3. The van der Waals surface area contributed by atoms with Crippen LogP contribution < -0.4 is 10.1 Å². The van der Waals surface area contributed by atoms with Gasteiger partial charge in [-0.3, -0.25) is 0 Å². The molecule has 1 radical (unpaired) electrons. The number of hydrogen-bond donors (Lipinski definition) is 0. The summed E-state index contributed by atoms with van der Waals surface area (Å²) in [5, 5.41) is 4.02. The second-order valence-electron chi connectivity index (χ2n) is 2.91. The van der Waals surface area contributed by atoms with Crippen molar-refractivity contribution >= 4 is 0 Å². The van der Waals surface area contributed by atoms with Crippen LogP contribution in [0.15, 0.2) is 30.3 Å². The minimum atomic E-state index is 0.791. The fourth-order valence-electron chi connectivity index (χ4n) is 1.08. The summed E-state index contributed by atoms with van der Waals surface area (Å²) in [6, 6.07) is 9.91. The molecule has 2 heteroatoms. The third-order valence-corrected chi connectivity index (χ3v) is 1.79. The summed E-state index contributed by atoms with van der Waals surface area (Å²) in [6.45, 7) is 1.73. The van der Waals surface area contributed by atoms with Crippen LogP contribution >= 0.6 is 0 Å². The zero-order valence-corrected chi connectivity index (χ0v) is 8.07. The second-order valence-corrected chi connectivity index (χ2v) is 2.91. The first kappa shape index (κ1) is 10.1. The lowest BCUT2D eigenvalue weighted by molar-refractivity contribution is 0.306. The second kappa shape index (κ2) is 6.49. The SMILES string of the molecule is C[N]CCCCOc1ccccc1. The number of rotatable bonds is 6. The molecule has 0 fully saturated rings. The quantitative estimate of drug-likeness (QED) is 0.612. The highest BCUT2D eigenvalue weighted by molar-refractivity contribution is 5.20. The molecule has 1 aromatic carbocycles. The van der Waals surface area contributed by atoms with Crippen LogP contribution in [0.2, 0.25) is 0 Å². The van der Waals surface area contributed by atoms with Gasteiger partial charge in [0, 0.05) is 13.6 Å². The Hall–Kier alpha value is -1.02. The molecule has 0 spiro atoms. The molecule has 0 saturated carbocycles. The van der Waals surface area contributed by atoms with E-state index in [-0.39, 0.29) is 0 Å². The Morgan fingerprint density at radius 3 is 2.62 bits per heavy atom. The van der Waals surface area contributed by atoms with E-state index in [2.05, 4.69) is 5.32 Å². The van der Waals surface area contributed by atoms with E-state index in [9.17, 15) is 0 Å². The molecule has 0 saturated heterocycles. The molecular formula is C11H16NO. The Morgan fingerprint density at radius 1 is 1.15 bits per heavy atom. The highest BCUT2D eigenvalue weighted by Crippen LogP contribution is 2.08. The summed E-state index contributed by atoms with van der Waals surface area (Å²) in [5.74, 6) is 0.955. The topological polar surface area (TPSA) is 23.3 Å². The van der Waals surface area contributed by atoms with Crippen LogP contribution in [-0.4, -0.2) is 20.2 Å². The fourth-order valence-corrected chi connectivity index (χ4v) is 1.08. The van der Waals surface area contributed by atoms with Crippen molar-refractivity contribution < 1.29 is 4.74 Å². The molecule has 71 valence electrons. The number of ether oxygens (including phenoxy) is 1. The average molecular weight is 178 g/mol. The van der Waals surface area contributed by atoms with Crippen molar-refractivity contribution in [3.63, 3.8) is 0 Å². The Bertz CT molecular complexity index is 211. The van der Waals surface area contributed by atoms with Gasteiger partial charge in [0.2, 0.25) is 0 Å². The van der Waals surface area contributed by atoms with Gasteiger partial charge in [0.15, 0.2) is 0 Å². The molecule has 1 rings (SSSR count). The molecule has 0 amide bonds. The van der Waals surface area contributed by atoms with Crippen molar-refractivity contribution in [3.8, 4) is 5.75 Å². The summed E-state index contributed by atoms with van der Waals surface area (Å²) in [4.78, 5) is 0. The third kappa shape index (κ3) is 4.53. The highest BCUT2D eigenvalue weighted by Gasteiger charge is 1.91. The summed E-state index contributed by atoms with van der Waals surface area (Å²) in [6.07, 6.45) is 2.19. The summed E-state index contributed by atoms with van der Waals surface area (Å²) >= 11 is 0. The van der Waals surface area contributed by atoms with Gasteiger partial charge in [0.05, 0.1) is 6.61 Å². The van der Waals surface area contributed by atoms with E-state index in [4.69, 9.17) is 4.74 Å². The van der Waals surface area contributed by atoms with Crippen LogP contribution in [0.25, 0.3) is 0 Å². The maximum absolute atomic E-state index is 5.51. The van der Waals surface area contributed by atoms with Gasteiger partial charge in [-0.15, -0.1) is 0 Å². The maximum Gasteiger partial charge on any atom is 0.119 e. The Kier molecular flexibility index (Phi) is 5.02. The third-order valence-electron chi connectivity index (χ3n) is 1.79. The van der Waals surface area contributed by atoms with Gasteiger partial charge >= 0.3 is 0 Å². The molecule has 2 nitrogen and oxygen atoms in total. The summed E-state index contributed by atoms with van der Waals surface area (Å²) in [7, 11) is 1.85. The molecule has 0 aromatic heterocycles. The van der Waals surface area contributed by atoms with Crippen LogP contribution in [-0.2, 0) is 0 Å². The van der Waals surface area contributed by atoms with Crippen molar-refractivity contribution in [2.24, 2.45) is 0 Å². The molecule has 0 unspecified atom stereocenters. The van der Waals surface area contributed by atoms with Crippen LogP contribution in [0, 0.1) is 0 Å². The van der Waals surface area contributed by atoms with Crippen molar-refractivity contribution in [2.45, 2.75) is 12.8 Å². The smallest absolute Gasteiger partial charge is 0.119 e. The first-order valence-corrected chi connectivity index (χ1v) is 4.67. The largest absolute Gasteiger partial charge is 0.494 e. The van der Waals surface area contributed by atoms with E-state index in [1.807, 2.05) is 37.4 Å². The summed E-state index contributed by atoms with van der Waals surface area (Å²) < 4.78 is 5.51. The van der Waals surface area contributed by atoms with Gasteiger partial charge in [-0.1, -0.05) is 18.2 Å². The van der Waals surface area contributed by atoms with Gasteiger partial charge in [-0.25, -0.2) is 5.32 Å². The van der Waals surface area contributed by atoms with Gasteiger partial charge in [-0.05, 0) is 25.0 Å². The predicted octanol–water partition coefficient (Wildman–Crippen LogP) is 2.08. The molecule has 0 bridgehead atoms. The standard InChI is InChI=1S/C11H16NO/c1-12-9-5-6-10-13-11-7-3-2-4-8-11/h2-4,7-8H,5-6,9-10H2,1H3. The first-order chi connectivity index (χ1) is 6.43. The zero-order chi connectivity index (χ0) is 9.36. The fraction of sp³-hybridized carbons (Fsp3) is 0.455. The predicted molar refractivity (Wildman–Crippen MR) is 54.1 cm³/mol. The van der Waals surface area contributed by atoms with Crippen molar-refractivity contribution in [2.75, 3.05) is 20.2 Å². The van der Waals surface area contributed by atoms with Gasteiger partial charge in [0.1, 0.15) is 5.75 Å². The van der Waals surface area contributed by atoms with Gasteiger partial charge < -0.3 is 4.74 Å². The maximum atomic E-state index is 5.51. The van der Waals surface area contributed by atoms with Gasteiger partial charge in [-0.2, -0.15) is 0 Å². The van der Waals surface area contributed by atoms with E-state index < -0.39 is 0 Å². The Labute approximate surface area is 79.9 Å². The lowest BCUT2D eigenvalue weighted by Crippen LogP contribution is -2.03. The van der Waals surface area contributed by atoms with Crippen LogP contribution in [0.3, 0.4) is 0 Å². The molecule has 0 N–H and O–H groups in total. The number of unbranched alkanes of at least 4 members (excludes halogenated alkanes) is 1. The summed E-state index contributed by atoms with van der Waals surface area (Å²) in [5.41, 5.74) is 0.